The van der Waals surface area contributed by atoms with Crippen LogP contribution in [-0.2, 0) is 0 Å². The highest BCUT2D eigenvalue weighted by Crippen LogP contribution is 2.27. The highest BCUT2D eigenvalue weighted by molar-refractivity contribution is 14.1. The molecule has 0 saturated carbocycles. The molecule has 0 saturated heterocycles. The topological polar surface area (TPSA) is 67.8 Å². The second kappa shape index (κ2) is 9.74. The number of amides is 1. The average molecular weight is 534 g/mol. The maximum absolute atomic E-state index is 12.7. The second-order valence-corrected chi connectivity index (χ2v) is 8.30. The molecule has 0 unspecified atom stereocenters. The summed E-state index contributed by atoms with van der Waals surface area (Å²) in [6, 6.07) is 25.8. The molecule has 0 heterocycles. The summed E-state index contributed by atoms with van der Waals surface area (Å²) < 4.78 is 6.54. The molecule has 0 bridgehead atoms. The van der Waals surface area contributed by atoms with Gasteiger partial charge < -0.3 is 4.74 Å². The molecular weight excluding hydrogens is 515 g/mol. The number of hydrazone groups is 1. The summed E-state index contributed by atoms with van der Waals surface area (Å²) in [5, 5.41) is 5.97. The largest absolute Gasteiger partial charge is 0.422 e. The fraction of sp³-hybridized carbons (Fsp3) is 0.0385. The van der Waals surface area contributed by atoms with Gasteiger partial charge in [0.15, 0.2) is 0 Å². The molecule has 0 radical (unpaired) electrons. The Labute approximate surface area is 199 Å². The Bertz CT molecular complexity index is 1350. The van der Waals surface area contributed by atoms with E-state index in [-0.39, 0.29) is 5.91 Å². The van der Waals surface area contributed by atoms with Crippen molar-refractivity contribution in [3.05, 3.63) is 111 Å². The number of carbonyl (C=O) groups is 2. The SMILES string of the molecule is Cc1cccc(C(=O)Oc2ccc3ccccc3c2/C=N\NC(=O)c2ccccc2I)c1. The number of esters is 1. The van der Waals surface area contributed by atoms with Crippen LogP contribution in [0.15, 0.2) is 90.0 Å². The average Bonchev–Trinajstić information content (AvgIpc) is 2.80. The number of rotatable bonds is 5. The Morgan fingerprint density at radius 2 is 1.72 bits per heavy atom. The van der Waals surface area contributed by atoms with Crippen molar-refractivity contribution in [3.63, 3.8) is 0 Å². The summed E-state index contributed by atoms with van der Waals surface area (Å²) in [4.78, 5) is 25.2. The summed E-state index contributed by atoms with van der Waals surface area (Å²) >= 11 is 2.11. The van der Waals surface area contributed by atoms with E-state index in [1.807, 2.05) is 61.5 Å². The lowest BCUT2D eigenvalue weighted by atomic mass is 10.0. The first-order valence-corrected chi connectivity index (χ1v) is 11.0. The Balaban J connectivity index is 1.64. The third kappa shape index (κ3) is 4.86. The third-order valence-corrected chi connectivity index (χ3v) is 5.81. The number of benzene rings is 4. The van der Waals surface area contributed by atoms with Crippen LogP contribution in [0.1, 0.15) is 31.8 Å². The van der Waals surface area contributed by atoms with E-state index in [9.17, 15) is 9.59 Å². The Morgan fingerprint density at radius 3 is 2.53 bits per heavy atom. The molecule has 0 fully saturated rings. The first kappa shape index (κ1) is 21.7. The van der Waals surface area contributed by atoms with Crippen LogP contribution in [0.25, 0.3) is 10.8 Å². The van der Waals surface area contributed by atoms with Crippen molar-refractivity contribution in [2.75, 3.05) is 0 Å². The molecule has 32 heavy (non-hydrogen) atoms. The van der Waals surface area contributed by atoms with Crippen molar-refractivity contribution in [1.82, 2.24) is 5.43 Å². The van der Waals surface area contributed by atoms with E-state index in [1.54, 1.807) is 30.3 Å². The number of nitrogens with zero attached hydrogens (tertiary/aromatic N) is 1. The van der Waals surface area contributed by atoms with E-state index in [0.717, 1.165) is 19.9 Å². The normalized spacial score (nSPS) is 10.9. The zero-order chi connectivity index (χ0) is 22.5. The van der Waals surface area contributed by atoms with Crippen LogP contribution in [0.4, 0.5) is 0 Å². The van der Waals surface area contributed by atoms with Crippen molar-refractivity contribution in [2.24, 2.45) is 5.10 Å². The van der Waals surface area contributed by atoms with Gasteiger partial charge in [0.2, 0.25) is 0 Å². The van der Waals surface area contributed by atoms with Gasteiger partial charge in [0.05, 0.1) is 17.3 Å². The van der Waals surface area contributed by atoms with Crippen LogP contribution in [0.3, 0.4) is 0 Å². The smallest absolute Gasteiger partial charge is 0.343 e. The van der Waals surface area contributed by atoms with E-state index in [0.29, 0.717) is 22.4 Å². The molecule has 0 aliphatic heterocycles. The fourth-order valence-corrected chi connectivity index (χ4v) is 3.92. The lowest BCUT2D eigenvalue weighted by Gasteiger charge is -2.11. The quantitative estimate of drug-likeness (QED) is 0.117. The molecule has 0 atom stereocenters. The van der Waals surface area contributed by atoms with Gasteiger partial charge in [-0.25, -0.2) is 10.2 Å². The number of fused-ring (bicyclic) bond motifs is 1. The number of ether oxygens (including phenoxy) is 1. The van der Waals surface area contributed by atoms with Crippen molar-refractivity contribution < 1.29 is 14.3 Å². The van der Waals surface area contributed by atoms with Crippen LogP contribution in [0, 0.1) is 10.5 Å². The number of aryl methyl sites for hydroxylation is 1. The molecule has 0 aromatic heterocycles. The fourth-order valence-electron chi connectivity index (χ4n) is 3.29. The van der Waals surface area contributed by atoms with Gasteiger partial charge in [-0.2, -0.15) is 5.10 Å². The highest BCUT2D eigenvalue weighted by Gasteiger charge is 2.14. The molecule has 0 spiro atoms. The van der Waals surface area contributed by atoms with Gasteiger partial charge in [-0.3, -0.25) is 4.79 Å². The molecule has 1 N–H and O–H groups in total. The van der Waals surface area contributed by atoms with Gasteiger partial charge in [-0.05, 0) is 70.6 Å². The van der Waals surface area contributed by atoms with Crippen LogP contribution < -0.4 is 10.2 Å². The zero-order valence-electron chi connectivity index (χ0n) is 17.2. The summed E-state index contributed by atoms with van der Waals surface area (Å²) in [5.41, 5.74) is 5.13. The molecule has 4 aromatic carbocycles. The maximum atomic E-state index is 12.7. The summed E-state index contributed by atoms with van der Waals surface area (Å²) in [6.07, 6.45) is 1.51. The standard InChI is InChI=1S/C26H19IN2O3/c1-17-7-6-9-19(15-17)26(31)32-24-14-13-18-8-2-3-10-20(18)22(24)16-28-29-25(30)21-11-4-5-12-23(21)27/h2-16H,1H3,(H,29,30)/b28-16-. The molecule has 0 aliphatic rings. The van der Waals surface area contributed by atoms with E-state index < -0.39 is 5.97 Å². The molecule has 0 aliphatic carbocycles. The summed E-state index contributed by atoms with van der Waals surface area (Å²) in [5.74, 6) is -0.409. The number of halogens is 1. The van der Waals surface area contributed by atoms with E-state index >= 15 is 0 Å². The highest BCUT2D eigenvalue weighted by atomic mass is 127. The second-order valence-electron chi connectivity index (χ2n) is 7.14. The predicted octanol–water partition coefficient (Wildman–Crippen LogP) is 5.74. The van der Waals surface area contributed by atoms with Crippen LogP contribution in [0.5, 0.6) is 5.75 Å². The lowest BCUT2D eigenvalue weighted by Crippen LogP contribution is -2.19. The minimum absolute atomic E-state index is 0.315. The van der Waals surface area contributed by atoms with Crippen LogP contribution >= 0.6 is 22.6 Å². The number of carbonyl (C=O) groups excluding carboxylic acids is 2. The van der Waals surface area contributed by atoms with E-state index in [1.165, 1.54) is 6.21 Å². The first-order chi connectivity index (χ1) is 15.5. The Morgan fingerprint density at radius 1 is 0.938 bits per heavy atom. The maximum Gasteiger partial charge on any atom is 0.343 e. The van der Waals surface area contributed by atoms with Gasteiger partial charge >= 0.3 is 5.97 Å². The van der Waals surface area contributed by atoms with Crippen LogP contribution in [0.2, 0.25) is 0 Å². The van der Waals surface area contributed by atoms with Crippen LogP contribution in [-0.4, -0.2) is 18.1 Å². The zero-order valence-corrected chi connectivity index (χ0v) is 19.4. The van der Waals surface area contributed by atoms with Gasteiger partial charge in [0.25, 0.3) is 5.91 Å². The molecule has 1 amide bonds. The summed E-state index contributed by atoms with van der Waals surface area (Å²) in [6.45, 7) is 1.92. The van der Waals surface area contributed by atoms with E-state index in [4.69, 9.17) is 4.74 Å². The van der Waals surface area contributed by atoms with Crippen molar-refractivity contribution >= 4 is 51.5 Å². The van der Waals surface area contributed by atoms with E-state index in [2.05, 4.69) is 33.1 Å². The van der Waals surface area contributed by atoms with Crippen molar-refractivity contribution in [2.45, 2.75) is 6.92 Å². The first-order valence-electron chi connectivity index (χ1n) is 9.91. The number of hydrogen-bond acceptors (Lipinski definition) is 4. The van der Waals surface area contributed by atoms with Gasteiger partial charge in [-0.1, -0.05) is 60.2 Å². The molecular formula is C26H19IN2O3. The predicted molar refractivity (Wildman–Crippen MR) is 134 cm³/mol. The van der Waals surface area contributed by atoms with Gasteiger partial charge in [0, 0.05) is 9.13 Å². The minimum atomic E-state index is -0.457. The van der Waals surface area contributed by atoms with Crippen molar-refractivity contribution in [3.8, 4) is 5.75 Å². The number of hydrogen-bond donors (Lipinski definition) is 1. The van der Waals surface area contributed by atoms with Gasteiger partial charge in [-0.15, -0.1) is 0 Å². The molecule has 4 aromatic rings. The van der Waals surface area contributed by atoms with Gasteiger partial charge in [0.1, 0.15) is 5.75 Å². The Kier molecular flexibility index (Phi) is 6.61. The molecule has 5 nitrogen and oxygen atoms in total. The molecule has 4 rings (SSSR count). The number of nitrogens with one attached hydrogen (secondary N) is 1. The molecule has 158 valence electrons. The minimum Gasteiger partial charge on any atom is -0.422 e. The van der Waals surface area contributed by atoms with Crippen molar-refractivity contribution in [1.29, 1.82) is 0 Å². The third-order valence-electron chi connectivity index (χ3n) is 4.87. The Hall–Kier alpha value is -3.52. The summed E-state index contributed by atoms with van der Waals surface area (Å²) in [7, 11) is 0. The molecule has 6 heteroatoms. The monoisotopic (exact) mass is 534 g/mol. The lowest BCUT2D eigenvalue weighted by molar-refractivity contribution is 0.0734.